The topological polar surface area (TPSA) is 99.1 Å². The van der Waals surface area contributed by atoms with Crippen LogP contribution in [0.15, 0.2) is 48.6 Å². The van der Waals surface area contributed by atoms with E-state index in [2.05, 4.69) is 62.5 Å². The Bertz CT molecular complexity index is 932. The molecule has 0 heterocycles. The number of hydrogen-bond donors (Lipinski definition) is 1. The third-order valence-electron chi connectivity index (χ3n) is 7.96. The molecule has 2 atom stereocenters. The summed E-state index contributed by atoms with van der Waals surface area (Å²) in [6.45, 7) is 4.51. The monoisotopic (exact) mass is 677 g/mol. The fourth-order valence-electron chi connectivity index (χ4n) is 5.03. The molecule has 0 saturated carbocycles. The summed E-state index contributed by atoms with van der Waals surface area (Å²) >= 11 is 0. The molecule has 8 heteroatoms. The molecule has 0 saturated heterocycles. The molecule has 0 rings (SSSR count). The summed E-state index contributed by atoms with van der Waals surface area (Å²) in [6.07, 6.45) is 34.4. The summed E-state index contributed by atoms with van der Waals surface area (Å²) in [5.41, 5.74) is 0. The van der Waals surface area contributed by atoms with Gasteiger partial charge in [0.2, 0.25) is 0 Å². The minimum atomic E-state index is -0.883. The van der Waals surface area contributed by atoms with Crippen LogP contribution in [0.1, 0.15) is 136 Å². The van der Waals surface area contributed by atoms with Gasteiger partial charge in [-0.3, -0.25) is 9.59 Å². The number of carboxylic acids is 1. The van der Waals surface area contributed by atoms with Crippen LogP contribution < -0.4 is 0 Å². The van der Waals surface area contributed by atoms with Crippen LogP contribution in [0, 0.1) is 0 Å². The van der Waals surface area contributed by atoms with Crippen LogP contribution in [0.4, 0.5) is 0 Å². The van der Waals surface area contributed by atoms with Gasteiger partial charge in [0.25, 0.3) is 0 Å². The summed E-state index contributed by atoms with van der Waals surface area (Å²) in [4.78, 5) is 36.7. The van der Waals surface area contributed by atoms with Crippen LogP contribution in [-0.4, -0.2) is 80.6 Å². The average molecular weight is 677 g/mol. The van der Waals surface area contributed by atoms with E-state index < -0.39 is 18.1 Å². The molecule has 1 N–H and O–H groups in total. The molecule has 0 aromatic heterocycles. The molecule has 0 radical (unpaired) electrons. The third kappa shape index (κ3) is 29.4. The van der Waals surface area contributed by atoms with Gasteiger partial charge in [-0.1, -0.05) is 101 Å². The van der Waals surface area contributed by atoms with Crippen molar-refractivity contribution >= 4 is 17.9 Å². The lowest BCUT2D eigenvalue weighted by Gasteiger charge is -2.31. The van der Waals surface area contributed by atoms with Crippen LogP contribution in [0.3, 0.4) is 0 Å². The molecule has 0 bridgehead atoms. The van der Waals surface area contributed by atoms with E-state index in [0.29, 0.717) is 19.3 Å². The summed E-state index contributed by atoms with van der Waals surface area (Å²) in [5, 5.41) is 9.57. The van der Waals surface area contributed by atoms with Gasteiger partial charge in [-0.25, -0.2) is 4.79 Å². The predicted octanol–water partition coefficient (Wildman–Crippen LogP) is 9.29. The highest BCUT2D eigenvalue weighted by Gasteiger charge is 2.31. The van der Waals surface area contributed by atoms with Crippen molar-refractivity contribution in [2.24, 2.45) is 0 Å². The highest BCUT2D eigenvalue weighted by Crippen LogP contribution is 2.12. The fourth-order valence-corrected chi connectivity index (χ4v) is 5.03. The Balaban J connectivity index is 4.48. The summed E-state index contributed by atoms with van der Waals surface area (Å²) in [7, 11) is 5.50. The van der Waals surface area contributed by atoms with Crippen LogP contribution in [0.2, 0.25) is 0 Å². The molecule has 0 aromatic carbocycles. The number of carboxylic acid groups (broad SMARTS) is 1. The number of ether oxygens (including phenoxy) is 3. The van der Waals surface area contributed by atoms with Crippen molar-refractivity contribution in [1.82, 2.24) is 0 Å². The van der Waals surface area contributed by atoms with E-state index in [4.69, 9.17) is 14.2 Å². The Morgan fingerprint density at radius 3 is 1.73 bits per heavy atom. The quantitative estimate of drug-likeness (QED) is 0.0328. The number of nitrogens with zero attached hydrogens (tertiary/aromatic N) is 1. The maximum Gasteiger partial charge on any atom is 0.362 e. The zero-order valence-electron chi connectivity index (χ0n) is 31.2. The van der Waals surface area contributed by atoms with E-state index >= 15 is 0 Å². The van der Waals surface area contributed by atoms with E-state index in [1.807, 2.05) is 21.1 Å². The van der Waals surface area contributed by atoms with Gasteiger partial charge in [0.15, 0.2) is 12.1 Å². The number of likely N-dealkylation sites (N-methyl/N-ethyl adjacent to an activating group) is 1. The molecule has 48 heavy (non-hydrogen) atoms. The van der Waals surface area contributed by atoms with Gasteiger partial charge in [-0.2, -0.15) is 0 Å². The summed E-state index contributed by atoms with van der Waals surface area (Å²) in [6, 6.07) is -0.619. The Morgan fingerprint density at radius 2 is 1.17 bits per heavy atom. The molecular formula is C40H70NO7+. The second-order valence-corrected chi connectivity index (χ2v) is 13.4. The van der Waals surface area contributed by atoms with Crippen molar-refractivity contribution in [1.29, 1.82) is 0 Å². The molecule has 2 unspecified atom stereocenters. The van der Waals surface area contributed by atoms with Crippen molar-refractivity contribution in [3.8, 4) is 0 Å². The smallest absolute Gasteiger partial charge is 0.362 e. The number of unbranched alkanes of at least 4 members (excludes halogenated alkanes) is 10. The molecule has 0 aromatic rings. The van der Waals surface area contributed by atoms with Gasteiger partial charge < -0.3 is 23.8 Å². The minimum Gasteiger partial charge on any atom is -0.477 e. The maximum atomic E-state index is 12.6. The lowest BCUT2D eigenvalue weighted by atomic mass is 10.1. The van der Waals surface area contributed by atoms with Crippen LogP contribution in [-0.2, 0) is 28.6 Å². The fraction of sp³-hybridized carbons (Fsp3) is 0.725. The number of esters is 2. The number of allylic oxidation sites excluding steroid dienone is 8. The van der Waals surface area contributed by atoms with Crippen molar-refractivity contribution in [2.75, 3.05) is 41.0 Å². The molecule has 0 spiro atoms. The van der Waals surface area contributed by atoms with Gasteiger partial charge >= 0.3 is 17.9 Å². The standard InChI is InChI=1S/C40H69NO7/c1-6-8-10-12-14-16-18-19-20-21-23-24-26-28-30-38(42)47-35-36(34-46-33-32-37(40(44)45)41(3,4)5)48-39(43)31-29-27-25-22-17-15-13-11-9-7-2/h8,10,13-16,19-20,36-37H,6-7,9,11-12,17-18,21-35H2,1-5H3/p+1/b10-8+,15-13+,16-14+,20-19+. The molecule has 0 aliphatic carbocycles. The normalized spacial score (nSPS) is 13.6. The van der Waals surface area contributed by atoms with E-state index in [9.17, 15) is 19.5 Å². The SMILES string of the molecule is CC/C=C/C/C=C/C/C=C/CCCCCCC(=O)OCC(COCCC(C(=O)O)[N+](C)(C)C)OC(=O)CCCCCC/C=C/CCCC. The van der Waals surface area contributed by atoms with E-state index in [-0.39, 0.29) is 36.2 Å². The van der Waals surface area contributed by atoms with Crippen molar-refractivity contribution in [3.05, 3.63) is 48.6 Å². The number of rotatable bonds is 32. The predicted molar refractivity (Wildman–Crippen MR) is 197 cm³/mol. The average Bonchev–Trinajstić information content (AvgIpc) is 3.03. The van der Waals surface area contributed by atoms with Crippen molar-refractivity contribution in [3.63, 3.8) is 0 Å². The largest absolute Gasteiger partial charge is 0.477 e. The molecule has 0 aliphatic rings. The summed E-state index contributed by atoms with van der Waals surface area (Å²) in [5.74, 6) is -1.52. The van der Waals surface area contributed by atoms with E-state index in [1.165, 1.54) is 12.8 Å². The zero-order valence-corrected chi connectivity index (χ0v) is 31.2. The summed E-state index contributed by atoms with van der Waals surface area (Å²) < 4.78 is 17.1. The van der Waals surface area contributed by atoms with Crippen LogP contribution in [0.5, 0.6) is 0 Å². The first-order chi connectivity index (χ1) is 23.1. The number of hydrogen-bond acceptors (Lipinski definition) is 6. The molecule has 0 amide bonds. The van der Waals surface area contributed by atoms with Crippen molar-refractivity contribution in [2.45, 2.75) is 148 Å². The Hall–Kier alpha value is -2.71. The molecule has 0 fully saturated rings. The third-order valence-corrected chi connectivity index (χ3v) is 7.96. The van der Waals surface area contributed by atoms with Gasteiger partial charge in [0.1, 0.15) is 6.61 Å². The highest BCUT2D eigenvalue weighted by molar-refractivity contribution is 5.72. The first kappa shape index (κ1) is 45.3. The maximum absolute atomic E-state index is 12.6. The van der Waals surface area contributed by atoms with Crippen LogP contribution >= 0.6 is 0 Å². The second kappa shape index (κ2) is 31.6. The highest BCUT2D eigenvalue weighted by atomic mass is 16.6. The minimum absolute atomic E-state index is 0.0477. The molecule has 276 valence electrons. The Labute approximate surface area is 293 Å². The lowest BCUT2D eigenvalue weighted by molar-refractivity contribution is -0.887. The Morgan fingerprint density at radius 1 is 0.646 bits per heavy atom. The van der Waals surface area contributed by atoms with Gasteiger partial charge in [-0.15, -0.1) is 0 Å². The number of carbonyl (C=O) groups is 3. The first-order valence-corrected chi connectivity index (χ1v) is 18.7. The van der Waals surface area contributed by atoms with Gasteiger partial charge in [0.05, 0.1) is 34.4 Å². The van der Waals surface area contributed by atoms with E-state index in [1.54, 1.807) is 0 Å². The molecule has 0 aliphatic heterocycles. The van der Waals surface area contributed by atoms with Crippen molar-refractivity contribution < 1.29 is 38.2 Å². The molecular weight excluding hydrogens is 606 g/mol. The van der Waals surface area contributed by atoms with Crippen LogP contribution in [0.25, 0.3) is 0 Å². The Kier molecular flexibility index (Phi) is 29.8. The number of aliphatic carboxylic acids is 1. The number of carbonyl (C=O) groups excluding carboxylic acids is 2. The lowest BCUT2D eigenvalue weighted by Crippen LogP contribution is -2.50. The van der Waals surface area contributed by atoms with E-state index in [0.717, 1.165) is 89.9 Å². The zero-order chi connectivity index (χ0) is 35.7. The molecule has 8 nitrogen and oxygen atoms in total. The second-order valence-electron chi connectivity index (χ2n) is 13.4. The van der Waals surface area contributed by atoms with Gasteiger partial charge in [-0.05, 0) is 64.2 Å². The van der Waals surface area contributed by atoms with Gasteiger partial charge in [0, 0.05) is 19.3 Å². The number of quaternary nitrogens is 1. The first-order valence-electron chi connectivity index (χ1n) is 18.7.